The van der Waals surface area contributed by atoms with Crippen LogP contribution in [0.25, 0.3) is 22.0 Å². The molecule has 3 aromatic rings. The molecule has 0 bridgehead atoms. The second-order valence-electron chi connectivity index (χ2n) is 7.94. The Balaban J connectivity index is 1.69. The molecule has 1 aliphatic heterocycles. The number of hydrogen-bond acceptors (Lipinski definition) is 5. The van der Waals surface area contributed by atoms with Crippen molar-refractivity contribution in [3.8, 4) is 17.1 Å². The highest BCUT2D eigenvalue weighted by Gasteiger charge is 2.36. The van der Waals surface area contributed by atoms with Gasteiger partial charge in [-0.25, -0.2) is 14.2 Å². The molecule has 160 valence electrons. The number of carbonyl (C=O) groups is 2. The van der Waals surface area contributed by atoms with E-state index in [1.54, 1.807) is 12.1 Å². The minimum atomic E-state index is -0.840. The molecule has 4 rings (SSSR count). The van der Waals surface area contributed by atoms with Gasteiger partial charge >= 0.3 is 6.09 Å². The molecular formula is C24H23FN2O4. The summed E-state index contributed by atoms with van der Waals surface area (Å²) in [6.07, 6.45) is -1.23. The zero-order valence-electron chi connectivity index (χ0n) is 17.5. The van der Waals surface area contributed by atoms with Gasteiger partial charge in [0.05, 0.1) is 12.8 Å². The second kappa shape index (κ2) is 8.34. The van der Waals surface area contributed by atoms with E-state index in [1.165, 1.54) is 13.2 Å². The predicted molar refractivity (Wildman–Crippen MR) is 114 cm³/mol. The van der Waals surface area contributed by atoms with E-state index in [0.717, 1.165) is 16.5 Å². The van der Waals surface area contributed by atoms with Crippen molar-refractivity contribution in [3.05, 3.63) is 59.9 Å². The van der Waals surface area contributed by atoms with Crippen LogP contribution in [0.15, 0.2) is 48.5 Å². The molecule has 1 saturated heterocycles. The summed E-state index contributed by atoms with van der Waals surface area (Å²) >= 11 is 0. The minimum absolute atomic E-state index is 0.118. The molecule has 2 aromatic carbocycles. The number of rotatable bonds is 6. The fourth-order valence-electron chi connectivity index (χ4n) is 3.99. The van der Waals surface area contributed by atoms with Gasteiger partial charge in [-0.3, -0.25) is 10.1 Å². The summed E-state index contributed by atoms with van der Waals surface area (Å²) in [7, 11) is 1.54. The molecule has 2 unspecified atom stereocenters. The molecule has 6 nitrogen and oxygen atoms in total. The van der Waals surface area contributed by atoms with Crippen LogP contribution < -0.4 is 10.1 Å². The first-order chi connectivity index (χ1) is 14.9. The summed E-state index contributed by atoms with van der Waals surface area (Å²) in [6, 6.07) is 14.3. The predicted octanol–water partition coefficient (Wildman–Crippen LogP) is 4.81. The molecule has 2 atom stereocenters. The van der Waals surface area contributed by atoms with E-state index in [2.05, 4.69) is 10.3 Å². The Bertz CT molecular complexity index is 1160. The van der Waals surface area contributed by atoms with Crippen molar-refractivity contribution in [1.82, 2.24) is 10.3 Å². The summed E-state index contributed by atoms with van der Waals surface area (Å²) in [4.78, 5) is 28.0. The van der Waals surface area contributed by atoms with Crippen molar-refractivity contribution in [3.63, 3.8) is 0 Å². The summed E-state index contributed by atoms with van der Waals surface area (Å²) in [5.74, 6) is -0.269. The fraction of sp³-hybridized carbons (Fsp3) is 0.292. The highest BCUT2D eigenvalue weighted by atomic mass is 19.1. The molecule has 1 aliphatic rings. The molecule has 2 amide bonds. The van der Waals surface area contributed by atoms with Crippen molar-refractivity contribution in [2.75, 3.05) is 7.11 Å². The summed E-state index contributed by atoms with van der Waals surface area (Å²) in [6.45, 7) is 4.05. The Morgan fingerprint density at radius 3 is 2.65 bits per heavy atom. The van der Waals surface area contributed by atoms with E-state index in [0.29, 0.717) is 23.4 Å². The lowest BCUT2D eigenvalue weighted by Crippen LogP contribution is -2.27. The van der Waals surface area contributed by atoms with Gasteiger partial charge in [0.25, 0.3) is 5.91 Å². The number of fused-ring (bicyclic) bond motifs is 1. The van der Waals surface area contributed by atoms with Crippen molar-refractivity contribution < 1.29 is 23.5 Å². The molecule has 0 aliphatic carbocycles. The Morgan fingerprint density at radius 2 is 1.97 bits per heavy atom. The maximum absolute atomic E-state index is 14.2. The molecule has 1 aromatic heterocycles. The van der Waals surface area contributed by atoms with E-state index in [9.17, 15) is 14.0 Å². The number of pyridine rings is 1. The number of ether oxygens (including phenoxy) is 2. The van der Waals surface area contributed by atoms with E-state index in [1.807, 2.05) is 44.2 Å². The van der Waals surface area contributed by atoms with Crippen LogP contribution in [0.2, 0.25) is 0 Å². The second-order valence-corrected chi connectivity index (χ2v) is 7.94. The van der Waals surface area contributed by atoms with Gasteiger partial charge in [0.2, 0.25) is 5.88 Å². The SMILES string of the molecule is COc1nc(-c2ccc3cccc(F)c3c2)ccc1C(CC1OC(=O)NC1=O)C(C)C. The number of aromatic nitrogens is 1. The van der Waals surface area contributed by atoms with E-state index >= 15 is 0 Å². The van der Waals surface area contributed by atoms with Gasteiger partial charge in [0, 0.05) is 22.9 Å². The Labute approximate surface area is 179 Å². The van der Waals surface area contributed by atoms with Gasteiger partial charge in [0.15, 0.2) is 6.10 Å². The lowest BCUT2D eigenvalue weighted by molar-refractivity contribution is -0.123. The normalized spacial score (nSPS) is 17.0. The minimum Gasteiger partial charge on any atom is -0.481 e. The molecule has 7 heteroatoms. The molecule has 31 heavy (non-hydrogen) atoms. The number of benzene rings is 2. The van der Waals surface area contributed by atoms with Crippen LogP contribution >= 0.6 is 0 Å². The van der Waals surface area contributed by atoms with Gasteiger partial charge in [-0.15, -0.1) is 0 Å². The standard InChI is InChI=1S/C24H23FN2O4/c1-13(2)17(12-21-22(28)27-24(29)31-21)16-9-10-20(26-23(16)30-3)15-8-7-14-5-4-6-19(25)18(14)11-15/h4-11,13,17,21H,12H2,1-3H3,(H,27,28,29). The van der Waals surface area contributed by atoms with E-state index in [-0.39, 0.29) is 17.7 Å². The van der Waals surface area contributed by atoms with Crippen LogP contribution in [-0.2, 0) is 9.53 Å². The number of halogens is 1. The van der Waals surface area contributed by atoms with Crippen LogP contribution in [0, 0.1) is 11.7 Å². The molecular weight excluding hydrogens is 399 g/mol. The molecule has 2 heterocycles. The van der Waals surface area contributed by atoms with Gasteiger partial charge in [-0.1, -0.05) is 44.2 Å². The number of carbonyl (C=O) groups excluding carboxylic acids is 2. The number of nitrogens with zero attached hydrogens (tertiary/aromatic N) is 1. The van der Waals surface area contributed by atoms with Crippen molar-refractivity contribution in [1.29, 1.82) is 0 Å². The largest absolute Gasteiger partial charge is 0.481 e. The molecule has 0 spiro atoms. The average molecular weight is 422 g/mol. The van der Waals surface area contributed by atoms with Crippen LogP contribution in [-0.4, -0.2) is 30.2 Å². The van der Waals surface area contributed by atoms with Crippen molar-refractivity contribution in [2.45, 2.75) is 32.3 Å². The van der Waals surface area contributed by atoms with Gasteiger partial charge in [-0.05, 0) is 35.4 Å². The van der Waals surface area contributed by atoms with Gasteiger partial charge < -0.3 is 9.47 Å². The summed E-state index contributed by atoms with van der Waals surface area (Å²) in [5, 5.41) is 3.51. The Kier molecular flexibility index (Phi) is 5.59. The third kappa shape index (κ3) is 4.08. The van der Waals surface area contributed by atoms with E-state index in [4.69, 9.17) is 9.47 Å². The topological polar surface area (TPSA) is 77.5 Å². The zero-order valence-corrected chi connectivity index (χ0v) is 17.5. The fourth-order valence-corrected chi connectivity index (χ4v) is 3.99. The maximum atomic E-state index is 14.2. The van der Waals surface area contributed by atoms with Crippen LogP contribution in [0.3, 0.4) is 0 Å². The molecule has 0 radical (unpaired) electrons. The first-order valence-electron chi connectivity index (χ1n) is 10.1. The first-order valence-corrected chi connectivity index (χ1v) is 10.1. The number of hydrogen-bond donors (Lipinski definition) is 1. The van der Waals surface area contributed by atoms with Crippen LogP contribution in [0.5, 0.6) is 5.88 Å². The summed E-state index contributed by atoms with van der Waals surface area (Å²) < 4.78 is 24.9. The Morgan fingerprint density at radius 1 is 1.16 bits per heavy atom. The average Bonchev–Trinajstić information content (AvgIpc) is 3.08. The molecule has 1 fully saturated rings. The molecule has 0 saturated carbocycles. The highest BCUT2D eigenvalue weighted by molar-refractivity contribution is 5.99. The third-order valence-corrected chi connectivity index (χ3v) is 5.65. The number of cyclic esters (lactones) is 1. The monoisotopic (exact) mass is 422 g/mol. The smallest absolute Gasteiger partial charge is 0.414 e. The van der Waals surface area contributed by atoms with Crippen molar-refractivity contribution >= 4 is 22.8 Å². The van der Waals surface area contributed by atoms with Gasteiger partial charge in [0.1, 0.15) is 5.82 Å². The summed E-state index contributed by atoms with van der Waals surface area (Å²) in [5.41, 5.74) is 2.25. The van der Waals surface area contributed by atoms with Crippen molar-refractivity contribution in [2.24, 2.45) is 5.92 Å². The van der Waals surface area contributed by atoms with E-state index < -0.39 is 18.1 Å². The number of nitrogens with one attached hydrogen (secondary N) is 1. The molecule has 1 N–H and O–H groups in total. The lowest BCUT2D eigenvalue weighted by Gasteiger charge is -2.24. The third-order valence-electron chi connectivity index (χ3n) is 5.65. The lowest BCUT2D eigenvalue weighted by atomic mass is 9.84. The number of methoxy groups -OCH3 is 1. The Hall–Kier alpha value is -3.48. The van der Waals surface area contributed by atoms with Gasteiger partial charge in [-0.2, -0.15) is 0 Å². The number of amides is 2. The van der Waals surface area contributed by atoms with Crippen LogP contribution in [0.4, 0.5) is 9.18 Å². The quantitative estimate of drug-likeness (QED) is 0.617. The van der Waals surface area contributed by atoms with Crippen LogP contribution in [0.1, 0.15) is 31.7 Å². The number of alkyl carbamates (subject to hydrolysis) is 1. The highest BCUT2D eigenvalue weighted by Crippen LogP contribution is 2.37. The maximum Gasteiger partial charge on any atom is 0.414 e. The zero-order chi connectivity index (χ0) is 22.1. The number of imide groups is 1. The first kappa shape index (κ1) is 20.8.